The molecule has 0 amide bonds. The van der Waals surface area contributed by atoms with Crippen molar-refractivity contribution in [3.8, 4) is 5.75 Å². The zero-order valence-electron chi connectivity index (χ0n) is 12.1. The molecule has 4 nitrogen and oxygen atoms in total. The minimum absolute atomic E-state index is 0.356. The van der Waals surface area contributed by atoms with Gasteiger partial charge in [-0.25, -0.2) is 0 Å². The largest absolute Gasteiger partial charge is 0.491 e. The molecule has 1 aromatic carbocycles. The van der Waals surface area contributed by atoms with Crippen LogP contribution in [0.25, 0.3) is 0 Å². The van der Waals surface area contributed by atoms with Crippen molar-refractivity contribution in [1.29, 1.82) is 0 Å². The van der Waals surface area contributed by atoms with E-state index in [4.69, 9.17) is 15.2 Å². The summed E-state index contributed by atoms with van der Waals surface area (Å²) in [7, 11) is 0. The molecule has 1 aliphatic heterocycles. The summed E-state index contributed by atoms with van der Waals surface area (Å²) in [6.45, 7) is 3.64. The average molecular weight is 276 g/mol. The molecule has 1 saturated carbocycles. The molecule has 2 fully saturated rings. The maximum Gasteiger partial charge on any atom is 0.144 e. The van der Waals surface area contributed by atoms with E-state index in [2.05, 4.69) is 12.2 Å². The Morgan fingerprint density at radius 1 is 1.35 bits per heavy atom. The third-order valence-electron chi connectivity index (χ3n) is 4.09. The van der Waals surface area contributed by atoms with Crippen LogP contribution in [-0.2, 0) is 4.74 Å². The lowest BCUT2D eigenvalue weighted by Crippen LogP contribution is -2.31. The molecule has 2 aliphatic rings. The van der Waals surface area contributed by atoms with Gasteiger partial charge in [-0.2, -0.15) is 0 Å². The van der Waals surface area contributed by atoms with Gasteiger partial charge >= 0.3 is 0 Å². The fourth-order valence-electron chi connectivity index (χ4n) is 2.86. The van der Waals surface area contributed by atoms with Crippen molar-refractivity contribution in [2.24, 2.45) is 5.92 Å². The molecule has 2 unspecified atom stereocenters. The minimum atomic E-state index is 0.356. The Labute approximate surface area is 120 Å². The quantitative estimate of drug-likeness (QED) is 0.784. The first kappa shape index (κ1) is 13.6. The molecule has 1 heterocycles. The Bertz CT molecular complexity index is 460. The van der Waals surface area contributed by atoms with E-state index >= 15 is 0 Å². The van der Waals surface area contributed by atoms with Crippen LogP contribution in [0.1, 0.15) is 32.6 Å². The van der Waals surface area contributed by atoms with Gasteiger partial charge in [0.2, 0.25) is 0 Å². The van der Waals surface area contributed by atoms with Gasteiger partial charge in [-0.3, -0.25) is 0 Å². The van der Waals surface area contributed by atoms with Gasteiger partial charge in [0.05, 0.1) is 30.1 Å². The number of nitrogen functional groups attached to an aromatic ring is 1. The van der Waals surface area contributed by atoms with E-state index in [-0.39, 0.29) is 0 Å². The molecule has 110 valence electrons. The topological polar surface area (TPSA) is 56.5 Å². The summed E-state index contributed by atoms with van der Waals surface area (Å²) in [6, 6.07) is 6.33. The first-order chi connectivity index (χ1) is 9.79. The third kappa shape index (κ3) is 2.85. The van der Waals surface area contributed by atoms with Crippen LogP contribution in [-0.4, -0.2) is 25.4 Å². The van der Waals surface area contributed by atoms with Gasteiger partial charge in [0.1, 0.15) is 5.75 Å². The lowest BCUT2D eigenvalue weighted by atomic mass is 10.1. The Kier molecular flexibility index (Phi) is 4.01. The third-order valence-corrected chi connectivity index (χ3v) is 4.09. The molecule has 0 bridgehead atoms. The van der Waals surface area contributed by atoms with Crippen molar-refractivity contribution in [2.45, 2.75) is 44.8 Å². The van der Waals surface area contributed by atoms with Crippen LogP contribution in [0.2, 0.25) is 0 Å². The first-order valence-electron chi connectivity index (χ1n) is 7.69. The average Bonchev–Trinajstić information content (AvgIpc) is 3.20. The van der Waals surface area contributed by atoms with Crippen LogP contribution in [0, 0.1) is 5.92 Å². The van der Waals surface area contributed by atoms with Crippen molar-refractivity contribution in [2.75, 3.05) is 24.3 Å². The maximum absolute atomic E-state index is 6.21. The summed E-state index contributed by atoms with van der Waals surface area (Å²) < 4.78 is 11.5. The minimum Gasteiger partial charge on any atom is -0.491 e. The summed E-state index contributed by atoms with van der Waals surface area (Å²) in [5, 5.41) is 3.57. The maximum atomic E-state index is 6.21. The van der Waals surface area contributed by atoms with Crippen molar-refractivity contribution in [3.63, 3.8) is 0 Å². The van der Waals surface area contributed by atoms with Crippen LogP contribution in [0.4, 0.5) is 11.4 Å². The summed E-state index contributed by atoms with van der Waals surface area (Å²) >= 11 is 0. The molecule has 0 radical (unpaired) electrons. The number of hydrogen-bond acceptors (Lipinski definition) is 4. The summed E-state index contributed by atoms with van der Waals surface area (Å²) in [5.41, 5.74) is 7.89. The second-order valence-electron chi connectivity index (χ2n) is 5.78. The highest BCUT2D eigenvalue weighted by molar-refractivity contribution is 5.73. The van der Waals surface area contributed by atoms with Crippen molar-refractivity contribution in [3.05, 3.63) is 18.2 Å². The fraction of sp³-hybridized carbons (Fsp3) is 0.625. The van der Waals surface area contributed by atoms with Crippen LogP contribution in [0.3, 0.4) is 0 Å². The highest BCUT2D eigenvalue weighted by atomic mass is 16.5. The molecule has 4 heteroatoms. The predicted octanol–water partition coefficient (Wildman–Crippen LogP) is 3.04. The fourth-order valence-corrected chi connectivity index (χ4v) is 2.86. The van der Waals surface area contributed by atoms with E-state index in [1.165, 1.54) is 12.8 Å². The normalized spacial score (nSPS) is 25.6. The molecule has 3 N–H and O–H groups in total. The van der Waals surface area contributed by atoms with E-state index < -0.39 is 0 Å². The van der Waals surface area contributed by atoms with E-state index in [0.717, 1.165) is 36.8 Å². The van der Waals surface area contributed by atoms with Crippen molar-refractivity contribution in [1.82, 2.24) is 0 Å². The Morgan fingerprint density at radius 2 is 2.20 bits per heavy atom. The summed E-state index contributed by atoms with van der Waals surface area (Å²) in [4.78, 5) is 0. The number of anilines is 2. The molecule has 0 aromatic heterocycles. The van der Waals surface area contributed by atoms with Crippen LogP contribution < -0.4 is 15.8 Å². The number of nitrogens with one attached hydrogen (secondary N) is 1. The molecular weight excluding hydrogens is 252 g/mol. The highest BCUT2D eigenvalue weighted by Gasteiger charge is 2.40. The molecular formula is C16H24N2O2. The molecule has 20 heavy (non-hydrogen) atoms. The molecule has 1 saturated heterocycles. The second-order valence-corrected chi connectivity index (χ2v) is 5.78. The summed E-state index contributed by atoms with van der Waals surface area (Å²) in [6.07, 6.45) is 5.00. The van der Waals surface area contributed by atoms with Gasteiger partial charge in [0, 0.05) is 6.61 Å². The highest BCUT2D eigenvalue weighted by Crippen LogP contribution is 2.40. The zero-order valence-corrected chi connectivity index (χ0v) is 12.1. The van der Waals surface area contributed by atoms with E-state index in [1.54, 1.807) is 0 Å². The monoisotopic (exact) mass is 276 g/mol. The zero-order chi connectivity index (χ0) is 13.9. The Balaban J connectivity index is 1.70. The SMILES string of the molecule is CCCOc1cccc(NC2CCOC2C2CC2)c1N. The van der Waals surface area contributed by atoms with Gasteiger partial charge < -0.3 is 20.5 Å². The first-order valence-corrected chi connectivity index (χ1v) is 7.69. The van der Waals surface area contributed by atoms with Crippen molar-refractivity contribution >= 4 is 11.4 Å². The van der Waals surface area contributed by atoms with Gasteiger partial charge in [0.15, 0.2) is 0 Å². The van der Waals surface area contributed by atoms with E-state index in [1.807, 2.05) is 18.2 Å². The molecule has 3 rings (SSSR count). The van der Waals surface area contributed by atoms with Gasteiger partial charge in [-0.15, -0.1) is 0 Å². The number of nitrogens with two attached hydrogens (primary N) is 1. The number of para-hydroxylation sites is 1. The van der Waals surface area contributed by atoms with E-state index in [9.17, 15) is 0 Å². The standard InChI is InChI=1S/C16H24N2O2/c1-2-9-19-14-5-3-4-12(15(14)17)18-13-8-10-20-16(13)11-6-7-11/h3-5,11,13,16,18H,2,6-10,17H2,1H3. The lowest BCUT2D eigenvalue weighted by Gasteiger charge is -2.22. The molecule has 1 aliphatic carbocycles. The number of hydrogen-bond donors (Lipinski definition) is 2. The summed E-state index contributed by atoms with van der Waals surface area (Å²) in [5.74, 6) is 1.52. The van der Waals surface area contributed by atoms with Crippen molar-refractivity contribution < 1.29 is 9.47 Å². The van der Waals surface area contributed by atoms with Crippen LogP contribution >= 0.6 is 0 Å². The van der Waals surface area contributed by atoms with Gasteiger partial charge in [-0.1, -0.05) is 13.0 Å². The van der Waals surface area contributed by atoms with E-state index in [0.29, 0.717) is 24.4 Å². The number of ether oxygens (including phenoxy) is 2. The van der Waals surface area contributed by atoms with Crippen LogP contribution in [0.15, 0.2) is 18.2 Å². The smallest absolute Gasteiger partial charge is 0.144 e. The molecule has 0 spiro atoms. The number of benzene rings is 1. The Morgan fingerprint density at radius 3 is 2.95 bits per heavy atom. The molecule has 1 aromatic rings. The lowest BCUT2D eigenvalue weighted by molar-refractivity contribution is 0.0898. The predicted molar refractivity (Wildman–Crippen MR) is 81.1 cm³/mol. The van der Waals surface area contributed by atoms with Crippen LogP contribution in [0.5, 0.6) is 5.75 Å². The second kappa shape index (κ2) is 5.92. The van der Waals surface area contributed by atoms with Gasteiger partial charge in [0.25, 0.3) is 0 Å². The van der Waals surface area contributed by atoms with Gasteiger partial charge in [-0.05, 0) is 43.7 Å². The molecule has 2 atom stereocenters. The number of rotatable bonds is 6. The Hall–Kier alpha value is -1.42.